The molecule has 2 aromatic carbocycles. The Morgan fingerprint density at radius 2 is 1.62 bits per heavy atom. The molecule has 0 aliphatic carbocycles. The fraction of sp³-hybridized carbons (Fsp3) is 0.130. The van der Waals surface area contributed by atoms with Crippen LogP contribution in [0.15, 0.2) is 63.9 Å². The number of halogens is 4. The molecular formula is C23H16F4N2O5. The highest BCUT2D eigenvalue weighted by Crippen LogP contribution is 2.37. The van der Waals surface area contributed by atoms with Crippen molar-refractivity contribution in [2.45, 2.75) is 5.60 Å². The summed E-state index contributed by atoms with van der Waals surface area (Å²) in [7, 11) is 0. The molecule has 0 bridgehead atoms. The summed E-state index contributed by atoms with van der Waals surface area (Å²) in [6.45, 7) is -2.04. The standard InChI is InChI=1S/C23H16F4N2O5/c24-13-5-6-14(17(27)8-13)21-19(28-22(34-21)23(33,10-30)11-31)12-4-7-18(32)29(9-12)20-15(25)2-1-3-16(20)26/h1-9,30-31,33H,10-11H2. The molecule has 2 heterocycles. The minimum atomic E-state index is -2.37. The number of hydrogen-bond acceptors (Lipinski definition) is 6. The fourth-order valence-electron chi connectivity index (χ4n) is 3.28. The van der Waals surface area contributed by atoms with E-state index in [-0.39, 0.29) is 22.6 Å². The lowest BCUT2D eigenvalue weighted by molar-refractivity contribution is -0.0772. The third kappa shape index (κ3) is 4.00. The summed E-state index contributed by atoms with van der Waals surface area (Å²) in [5.74, 6) is -4.96. The second-order valence-corrected chi connectivity index (χ2v) is 7.37. The molecule has 0 amide bonds. The molecule has 4 aromatic rings. The second-order valence-electron chi connectivity index (χ2n) is 7.37. The predicted molar refractivity (Wildman–Crippen MR) is 111 cm³/mol. The number of benzene rings is 2. The second kappa shape index (κ2) is 8.86. The first-order valence-corrected chi connectivity index (χ1v) is 9.77. The minimum absolute atomic E-state index is 0.00536. The van der Waals surface area contributed by atoms with Crippen LogP contribution >= 0.6 is 0 Å². The Balaban J connectivity index is 1.99. The van der Waals surface area contributed by atoms with E-state index >= 15 is 0 Å². The molecule has 0 aliphatic heterocycles. The molecule has 0 fully saturated rings. The van der Waals surface area contributed by atoms with Gasteiger partial charge in [-0.3, -0.25) is 9.36 Å². The SMILES string of the molecule is O=c1ccc(-c2nc(C(O)(CO)CO)oc2-c2ccc(F)cc2F)cn1-c1c(F)cccc1F. The zero-order valence-electron chi connectivity index (χ0n) is 17.2. The quantitative estimate of drug-likeness (QED) is 0.370. The van der Waals surface area contributed by atoms with Gasteiger partial charge in [0.25, 0.3) is 5.56 Å². The van der Waals surface area contributed by atoms with Gasteiger partial charge in [0.05, 0.1) is 18.8 Å². The normalized spacial score (nSPS) is 11.7. The van der Waals surface area contributed by atoms with Crippen LogP contribution < -0.4 is 5.56 Å². The van der Waals surface area contributed by atoms with Crippen molar-refractivity contribution >= 4 is 0 Å². The van der Waals surface area contributed by atoms with E-state index < -0.39 is 59.2 Å². The molecule has 0 atom stereocenters. The Kier molecular flexibility index (Phi) is 6.09. The number of aromatic nitrogens is 2. The molecule has 0 aliphatic rings. The van der Waals surface area contributed by atoms with Crippen molar-refractivity contribution in [2.75, 3.05) is 13.2 Å². The van der Waals surface area contributed by atoms with E-state index in [9.17, 15) is 37.7 Å². The first kappa shape index (κ1) is 23.4. The van der Waals surface area contributed by atoms with E-state index in [0.717, 1.165) is 42.6 Å². The highest BCUT2D eigenvalue weighted by molar-refractivity contribution is 5.77. The van der Waals surface area contributed by atoms with Crippen LogP contribution in [0.4, 0.5) is 17.6 Å². The maximum Gasteiger partial charge on any atom is 0.255 e. The van der Waals surface area contributed by atoms with Crippen molar-refractivity contribution < 1.29 is 37.3 Å². The van der Waals surface area contributed by atoms with Gasteiger partial charge in [-0.1, -0.05) is 6.07 Å². The number of aliphatic hydroxyl groups excluding tert-OH is 2. The lowest BCUT2D eigenvalue weighted by Gasteiger charge is -2.18. The molecule has 0 saturated carbocycles. The van der Waals surface area contributed by atoms with Crippen molar-refractivity contribution in [3.63, 3.8) is 0 Å². The Hall–Kier alpha value is -3.80. The molecule has 3 N–H and O–H groups in total. The van der Waals surface area contributed by atoms with Gasteiger partial charge in [-0.25, -0.2) is 22.5 Å². The van der Waals surface area contributed by atoms with Crippen LogP contribution in [-0.2, 0) is 5.60 Å². The summed E-state index contributed by atoms with van der Waals surface area (Å²) in [5, 5.41) is 29.4. The summed E-state index contributed by atoms with van der Waals surface area (Å²) in [6, 6.07) is 7.74. The Morgan fingerprint density at radius 3 is 2.24 bits per heavy atom. The lowest BCUT2D eigenvalue weighted by Crippen LogP contribution is -2.34. The number of aliphatic hydroxyl groups is 3. The van der Waals surface area contributed by atoms with Crippen molar-refractivity contribution in [1.82, 2.24) is 9.55 Å². The van der Waals surface area contributed by atoms with E-state index in [1.807, 2.05) is 0 Å². The van der Waals surface area contributed by atoms with E-state index in [1.165, 1.54) is 6.07 Å². The average Bonchev–Trinajstić information content (AvgIpc) is 3.25. The molecule has 0 saturated heterocycles. The van der Waals surface area contributed by atoms with Gasteiger partial charge >= 0.3 is 0 Å². The summed E-state index contributed by atoms with van der Waals surface area (Å²) < 4.78 is 62.8. The highest BCUT2D eigenvalue weighted by atomic mass is 19.1. The summed E-state index contributed by atoms with van der Waals surface area (Å²) in [5.41, 5.74) is -4.36. The summed E-state index contributed by atoms with van der Waals surface area (Å²) >= 11 is 0. The third-order valence-electron chi connectivity index (χ3n) is 5.09. The Bertz CT molecular complexity index is 1410. The third-order valence-corrected chi connectivity index (χ3v) is 5.09. The van der Waals surface area contributed by atoms with Crippen molar-refractivity contribution in [1.29, 1.82) is 0 Å². The van der Waals surface area contributed by atoms with Gasteiger partial charge in [0.2, 0.25) is 5.89 Å². The van der Waals surface area contributed by atoms with Crippen molar-refractivity contribution in [3.8, 4) is 28.3 Å². The van der Waals surface area contributed by atoms with Crippen LogP contribution in [0.3, 0.4) is 0 Å². The lowest BCUT2D eigenvalue weighted by atomic mass is 10.1. The van der Waals surface area contributed by atoms with Gasteiger partial charge in [-0.2, -0.15) is 0 Å². The van der Waals surface area contributed by atoms with E-state index in [2.05, 4.69) is 4.98 Å². The molecule has 0 spiro atoms. The molecule has 0 radical (unpaired) electrons. The van der Waals surface area contributed by atoms with Crippen LogP contribution in [0.5, 0.6) is 0 Å². The van der Waals surface area contributed by atoms with E-state index in [4.69, 9.17) is 4.42 Å². The fourth-order valence-corrected chi connectivity index (χ4v) is 3.28. The van der Waals surface area contributed by atoms with Crippen LogP contribution in [0.25, 0.3) is 28.3 Å². The first-order valence-electron chi connectivity index (χ1n) is 9.77. The summed E-state index contributed by atoms with van der Waals surface area (Å²) in [6.07, 6.45) is 1.02. The van der Waals surface area contributed by atoms with Gasteiger partial charge in [-0.05, 0) is 30.3 Å². The Labute approximate surface area is 188 Å². The topological polar surface area (TPSA) is 109 Å². The van der Waals surface area contributed by atoms with Crippen LogP contribution in [0, 0.1) is 23.3 Å². The molecule has 0 unspecified atom stereocenters. The number of oxazole rings is 1. The molecule has 7 nitrogen and oxygen atoms in total. The first-order chi connectivity index (χ1) is 16.2. The molecule has 11 heteroatoms. The molecular weight excluding hydrogens is 460 g/mol. The van der Waals surface area contributed by atoms with Crippen LogP contribution in [0.2, 0.25) is 0 Å². The molecule has 2 aromatic heterocycles. The predicted octanol–water partition coefficient (Wildman–Crippen LogP) is 2.89. The van der Waals surface area contributed by atoms with Gasteiger partial charge in [0, 0.05) is 23.9 Å². The number of rotatable bonds is 6. The largest absolute Gasteiger partial charge is 0.437 e. The minimum Gasteiger partial charge on any atom is -0.437 e. The highest BCUT2D eigenvalue weighted by Gasteiger charge is 2.36. The number of hydrogen-bond donors (Lipinski definition) is 3. The molecule has 176 valence electrons. The summed E-state index contributed by atoms with van der Waals surface area (Å²) in [4.78, 5) is 16.4. The number of nitrogens with zero attached hydrogens (tertiary/aromatic N) is 2. The Morgan fingerprint density at radius 1 is 0.941 bits per heavy atom. The van der Waals surface area contributed by atoms with Crippen molar-refractivity contribution in [2.24, 2.45) is 0 Å². The van der Waals surface area contributed by atoms with Gasteiger partial charge < -0.3 is 19.7 Å². The maximum atomic E-state index is 14.6. The van der Waals surface area contributed by atoms with Gasteiger partial charge in [0.15, 0.2) is 11.4 Å². The maximum absolute atomic E-state index is 14.6. The smallest absolute Gasteiger partial charge is 0.255 e. The molecule has 4 rings (SSSR count). The van der Waals surface area contributed by atoms with E-state index in [1.54, 1.807) is 0 Å². The number of pyridine rings is 1. The monoisotopic (exact) mass is 476 g/mol. The van der Waals surface area contributed by atoms with Crippen LogP contribution in [-0.4, -0.2) is 38.1 Å². The zero-order chi connectivity index (χ0) is 24.6. The molecule has 34 heavy (non-hydrogen) atoms. The average molecular weight is 476 g/mol. The van der Waals surface area contributed by atoms with Gasteiger partial charge in [-0.15, -0.1) is 0 Å². The number of para-hydroxylation sites is 1. The van der Waals surface area contributed by atoms with E-state index in [0.29, 0.717) is 10.6 Å². The van der Waals surface area contributed by atoms with Crippen molar-refractivity contribution in [3.05, 3.63) is 94.2 Å². The van der Waals surface area contributed by atoms with Gasteiger partial charge in [0.1, 0.15) is 34.7 Å². The zero-order valence-corrected chi connectivity index (χ0v) is 17.2. The van der Waals surface area contributed by atoms with Crippen LogP contribution in [0.1, 0.15) is 5.89 Å².